The molecule has 29 heavy (non-hydrogen) atoms. The standard InChI is InChI=1S/C20H20F3N5O/c21-20(22,23)17-6-9-26-19(27-17)28-11-15-14(16(15)12-28)5-8-25-18(29)4-3-13-2-1-7-24-10-13/h1-4,6-7,9-10,14-16H,5,8,11-12H2,(H,25,29)/b4-3+. The predicted octanol–water partition coefficient (Wildman–Crippen LogP) is 2.79. The number of rotatable bonds is 6. The Morgan fingerprint density at radius 3 is 2.72 bits per heavy atom. The fourth-order valence-electron chi connectivity index (χ4n) is 3.97. The second-order valence-corrected chi connectivity index (χ2v) is 7.34. The summed E-state index contributed by atoms with van der Waals surface area (Å²) in [5.74, 6) is 1.32. The van der Waals surface area contributed by atoms with Crippen molar-refractivity contribution >= 4 is 17.9 Å². The van der Waals surface area contributed by atoms with Crippen LogP contribution in [0, 0.1) is 17.8 Å². The molecule has 1 aliphatic carbocycles. The van der Waals surface area contributed by atoms with Gasteiger partial charge in [0.05, 0.1) is 0 Å². The zero-order valence-electron chi connectivity index (χ0n) is 15.5. The number of pyridine rings is 1. The number of halogens is 3. The molecule has 0 bridgehead atoms. The molecule has 1 saturated carbocycles. The molecular weight excluding hydrogens is 383 g/mol. The van der Waals surface area contributed by atoms with Gasteiger partial charge in [0, 0.05) is 44.3 Å². The zero-order valence-corrected chi connectivity index (χ0v) is 15.5. The number of carbonyl (C=O) groups is 1. The third kappa shape index (κ3) is 4.55. The van der Waals surface area contributed by atoms with Crippen LogP contribution in [0.15, 0.2) is 42.9 Å². The first-order valence-electron chi connectivity index (χ1n) is 9.43. The van der Waals surface area contributed by atoms with Crippen LogP contribution in [0.3, 0.4) is 0 Å². The summed E-state index contributed by atoms with van der Waals surface area (Å²) in [5, 5.41) is 2.87. The average molecular weight is 403 g/mol. The molecule has 9 heteroatoms. The van der Waals surface area contributed by atoms with Gasteiger partial charge in [0.1, 0.15) is 5.69 Å². The maximum atomic E-state index is 12.8. The lowest BCUT2D eigenvalue weighted by Crippen LogP contribution is -2.28. The van der Waals surface area contributed by atoms with Gasteiger partial charge in [0.15, 0.2) is 0 Å². The second kappa shape index (κ2) is 7.81. The van der Waals surface area contributed by atoms with Crippen LogP contribution in [-0.4, -0.2) is 40.5 Å². The van der Waals surface area contributed by atoms with Crippen LogP contribution < -0.4 is 10.2 Å². The molecule has 1 saturated heterocycles. The van der Waals surface area contributed by atoms with Gasteiger partial charge in [-0.15, -0.1) is 0 Å². The summed E-state index contributed by atoms with van der Waals surface area (Å²) in [6.07, 6.45) is 4.09. The van der Waals surface area contributed by atoms with Crippen molar-refractivity contribution in [3.05, 3.63) is 54.1 Å². The summed E-state index contributed by atoms with van der Waals surface area (Å²) >= 11 is 0. The Morgan fingerprint density at radius 2 is 2.03 bits per heavy atom. The second-order valence-electron chi connectivity index (χ2n) is 7.34. The van der Waals surface area contributed by atoms with Gasteiger partial charge in [0.2, 0.25) is 11.9 Å². The predicted molar refractivity (Wildman–Crippen MR) is 101 cm³/mol. The molecule has 2 atom stereocenters. The minimum absolute atomic E-state index is 0.139. The fourth-order valence-corrected chi connectivity index (χ4v) is 3.97. The highest BCUT2D eigenvalue weighted by atomic mass is 19.4. The minimum Gasteiger partial charge on any atom is -0.353 e. The molecule has 1 amide bonds. The number of nitrogens with one attached hydrogen (secondary N) is 1. The van der Waals surface area contributed by atoms with Crippen molar-refractivity contribution in [3.8, 4) is 0 Å². The summed E-state index contributed by atoms with van der Waals surface area (Å²) in [4.78, 5) is 25.3. The topological polar surface area (TPSA) is 71.0 Å². The molecule has 2 aliphatic rings. The number of alkyl halides is 3. The molecule has 4 rings (SSSR count). The first-order valence-corrected chi connectivity index (χ1v) is 9.43. The lowest BCUT2D eigenvalue weighted by atomic mass is 10.2. The van der Waals surface area contributed by atoms with Crippen LogP contribution in [0.25, 0.3) is 6.08 Å². The van der Waals surface area contributed by atoms with Crippen LogP contribution >= 0.6 is 0 Å². The van der Waals surface area contributed by atoms with Crippen LogP contribution in [0.4, 0.5) is 19.1 Å². The van der Waals surface area contributed by atoms with Crippen molar-refractivity contribution in [1.82, 2.24) is 20.3 Å². The van der Waals surface area contributed by atoms with Crippen LogP contribution in [0.1, 0.15) is 17.7 Å². The molecule has 2 fully saturated rings. The van der Waals surface area contributed by atoms with E-state index in [0.717, 1.165) is 24.2 Å². The van der Waals surface area contributed by atoms with Crippen molar-refractivity contribution in [3.63, 3.8) is 0 Å². The van der Waals surface area contributed by atoms with E-state index < -0.39 is 11.9 Å². The molecule has 3 heterocycles. The van der Waals surface area contributed by atoms with Gasteiger partial charge >= 0.3 is 6.18 Å². The Bertz CT molecular complexity index is 890. The fraction of sp³-hybridized carbons (Fsp3) is 0.400. The molecule has 0 aromatic carbocycles. The third-order valence-corrected chi connectivity index (χ3v) is 5.48. The van der Waals surface area contributed by atoms with Gasteiger partial charge in [-0.1, -0.05) is 6.07 Å². The SMILES string of the molecule is O=C(/C=C/c1cccnc1)NCCC1C2CN(c3nccc(C(F)(F)F)n3)CC12. The molecule has 0 spiro atoms. The Kier molecular flexibility index (Phi) is 5.21. The van der Waals surface area contributed by atoms with Gasteiger partial charge in [-0.25, -0.2) is 9.97 Å². The lowest BCUT2D eigenvalue weighted by molar-refractivity contribution is -0.141. The molecule has 6 nitrogen and oxygen atoms in total. The Hall–Kier alpha value is -2.97. The molecule has 1 aliphatic heterocycles. The maximum absolute atomic E-state index is 12.8. The maximum Gasteiger partial charge on any atom is 0.433 e. The Morgan fingerprint density at radius 1 is 1.24 bits per heavy atom. The number of fused-ring (bicyclic) bond motifs is 1. The molecular formula is C20H20F3N5O. The van der Waals surface area contributed by atoms with Gasteiger partial charge in [-0.2, -0.15) is 13.2 Å². The highest BCUT2D eigenvalue weighted by Crippen LogP contribution is 2.53. The summed E-state index contributed by atoms with van der Waals surface area (Å²) < 4.78 is 38.4. The van der Waals surface area contributed by atoms with E-state index in [2.05, 4.69) is 20.3 Å². The number of piperidine rings is 1. The zero-order chi connectivity index (χ0) is 20.4. The first-order chi connectivity index (χ1) is 13.9. The molecule has 152 valence electrons. The summed E-state index contributed by atoms with van der Waals surface area (Å²) in [6, 6.07) is 4.55. The van der Waals surface area contributed by atoms with Gasteiger partial charge in [-0.05, 0) is 47.9 Å². The first kappa shape index (κ1) is 19.4. The van der Waals surface area contributed by atoms with E-state index in [0.29, 0.717) is 37.4 Å². The molecule has 2 unspecified atom stereocenters. The van der Waals surface area contributed by atoms with Gasteiger partial charge < -0.3 is 10.2 Å². The minimum atomic E-state index is -4.47. The Labute approximate surface area is 165 Å². The monoisotopic (exact) mass is 403 g/mol. The van der Waals surface area contributed by atoms with Crippen LogP contribution in [-0.2, 0) is 11.0 Å². The van der Waals surface area contributed by atoms with Crippen molar-refractivity contribution in [1.29, 1.82) is 0 Å². The number of carbonyl (C=O) groups excluding carboxylic acids is 1. The highest BCUT2D eigenvalue weighted by molar-refractivity contribution is 5.91. The lowest BCUT2D eigenvalue weighted by Gasteiger charge is -2.20. The average Bonchev–Trinajstić information content (AvgIpc) is 3.15. The van der Waals surface area contributed by atoms with E-state index >= 15 is 0 Å². The summed E-state index contributed by atoms with van der Waals surface area (Å²) in [7, 11) is 0. The highest BCUT2D eigenvalue weighted by Gasteiger charge is 2.55. The normalized spacial score (nSPS) is 23.3. The third-order valence-electron chi connectivity index (χ3n) is 5.48. The molecule has 0 radical (unpaired) electrons. The quantitative estimate of drug-likeness (QED) is 0.751. The van der Waals surface area contributed by atoms with E-state index in [1.807, 2.05) is 11.0 Å². The summed E-state index contributed by atoms with van der Waals surface area (Å²) in [6.45, 7) is 1.89. The number of hydrogen-bond acceptors (Lipinski definition) is 5. The number of amides is 1. The number of aromatic nitrogens is 3. The van der Waals surface area contributed by atoms with Crippen LogP contribution in [0.5, 0.6) is 0 Å². The number of nitrogens with zero attached hydrogens (tertiary/aromatic N) is 4. The molecule has 1 N–H and O–H groups in total. The van der Waals surface area contributed by atoms with Gasteiger partial charge in [0.25, 0.3) is 0 Å². The van der Waals surface area contributed by atoms with E-state index in [-0.39, 0.29) is 11.9 Å². The Balaban J connectivity index is 1.20. The van der Waals surface area contributed by atoms with E-state index in [9.17, 15) is 18.0 Å². The smallest absolute Gasteiger partial charge is 0.353 e. The van der Waals surface area contributed by atoms with Crippen molar-refractivity contribution in [2.45, 2.75) is 12.6 Å². The summed E-state index contributed by atoms with van der Waals surface area (Å²) in [5.41, 5.74) is -0.0575. The van der Waals surface area contributed by atoms with E-state index in [1.54, 1.807) is 24.5 Å². The van der Waals surface area contributed by atoms with Crippen molar-refractivity contribution in [2.24, 2.45) is 17.8 Å². The van der Waals surface area contributed by atoms with Gasteiger partial charge in [-0.3, -0.25) is 9.78 Å². The van der Waals surface area contributed by atoms with E-state index in [1.165, 1.54) is 6.08 Å². The van der Waals surface area contributed by atoms with Crippen LogP contribution in [0.2, 0.25) is 0 Å². The number of hydrogen-bond donors (Lipinski definition) is 1. The van der Waals surface area contributed by atoms with E-state index in [4.69, 9.17) is 0 Å². The molecule has 2 aromatic heterocycles. The number of anilines is 1. The van der Waals surface area contributed by atoms with Crippen molar-refractivity contribution in [2.75, 3.05) is 24.5 Å². The van der Waals surface area contributed by atoms with Crippen molar-refractivity contribution < 1.29 is 18.0 Å². The largest absolute Gasteiger partial charge is 0.433 e. The molecule has 2 aromatic rings.